The van der Waals surface area contributed by atoms with Gasteiger partial charge in [0.15, 0.2) is 0 Å². The molecule has 0 bridgehead atoms. The van der Waals surface area contributed by atoms with Gasteiger partial charge in [-0.2, -0.15) is 0 Å². The highest BCUT2D eigenvalue weighted by molar-refractivity contribution is 7.94. The second-order valence-corrected chi connectivity index (χ2v) is 6.96. The standard InChI is InChI=1S/C3H8NO5P.C3H9S/c5-3(6)1-4-2-10(7,8)9;1-4(2)3/h4H,1-2H2,(H,5,6)(H2,7,8,9);1-3H3/q;+1. The lowest BCUT2D eigenvalue weighted by molar-refractivity contribution is -0.135. The van der Waals surface area contributed by atoms with Gasteiger partial charge in [-0.3, -0.25) is 14.7 Å². The van der Waals surface area contributed by atoms with Gasteiger partial charge in [0.05, 0.1) is 31.6 Å². The predicted molar refractivity (Wildman–Crippen MR) is 57.7 cm³/mol. The Labute approximate surface area is 86.2 Å². The van der Waals surface area contributed by atoms with E-state index in [2.05, 4.69) is 24.1 Å². The lowest BCUT2D eigenvalue weighted by atomic mass is 10.7. The van der Waals surface area contributed by atoms with Crippen LogP contribution in [0.3, 0.4) is 0 Å². The predicted octanol–water partition coefficient (Wildman–Crippen LogP) is -0.710. The summed E-state index contributed by atoms with van der Waals surface area (Å²) in [5.41, 5.74) is 0. The van der Waals surface area contributed by atoms with Crippen LogP contribution in [0.25, 0.3) is 0 Å². The molecule has 0 radical (unpaired) electrons. The van der Waals surface area contributed by atoms with E-state index in [1.165, 1.54) is 0 Å². The van der Waals surface area contributed by atoms with Gasteiger partial charge in [0, 0.05) is 0 Å². The van der Waals surface area contributed by atoms with Crippen LogP contribution in [0.4, 0.5) is 0 Å². The highest BCUT2D eigenvalue weighted by atomic mass is 32.2. The van der Waals surface area contributed by atoms with Crippen molar-refractivity contribution in [2.45, 2.75) is 0 Å². The summed E-state index contributed by atoms with van der Waals surface area (Å²) >= 11 is 0. The Kier molecular flexibility index (Phi) is 9.65. The summed E-state index contributed by atoms with van der Waals surface area (Å²) in [6.45, 7) is -0.439. The molecule has 6 nitrogen and oxygen atoms in total. The minimum atomic E-state index is -4.10. The average molecular weight is 246 g/mol. The van der Waals surface area contributed by atoms with Crippen molar-refractivity contribution in [1.82, 2.24) is 5.32 Å². The first kappa shape index (κ1) is 16.4. The molecule has 0 saturated heterocycles. The summed E-state index contributed by atoms with van der Waals surface area (Å²) < 4.78 is 10.1. The fourth-order valence-corrected chi connectivity index (χ4v) is 0.712. The Balaban J connectivity index is 0. The molecule has 0 aromatic heterocycles. The van der Waals surface area contributed by atoms with Gasteiger partial charge in [0.25, 0.3) is 0 Å². The number of rotatable bonds is 4. The molecule has 0 aliphatic carbocycles. The maximum Gasteiger partial charge on any atom is 0.339 e. The van der Waals surface area contributed by atoms with Gasteiger partial charge in [-0.05, 0) is 10.9 Å². The van der Waals surface area contributed by atoms with Gasteiger partial charge in [-0.25, -0.2) is 0 Å². The van der Waals surface area contributed by atoms with E-state index in [0.29, 0.717) is 10.9 Å². The van der Waals surface area contributed by atoms with E-state index in [0.717, 1.165) is 0 Å². The third kappa shape index (κ3) is 29.7. The number of hydrogen-bond acceptors (Lipinski definition) is 3. The first-order chi connectivity index (χ1) is 6.15. The molecule has 0 aliphatic rings. The molecule has 0 amide bonds. The van der Waals surface area contributed by atoms with Gasteiger partial charge in [-0.15, -0.1) is 0 Å². The molecule has 8 heteroatoms. The van der Waals surface area contributed by atoms with Crippen LogP contribution >= 0.6 is 7.60 Å². The first-order valence-electron chi connectivity index (χ1n) is 3.61. The maximum atomic E-state index is 10.1. The van der Waals surface area contributed by atoms with Crippen LogP contribution in [-0.4, -0.2) is 52.5 Å². The van der Waals surface area contributed by atoms with E-state index < -0.39 is 26.4 Å². The Morgan fingerprint density at radius 3 is 1.93 bits per heavy atom. The molecule has 0 heterocycles. The van der Waals surface area contributed by atoms with E-state index in [9.17, 15) is 9.36 Å². The van der Waals surface area contributed by atoms with Crippen molar-refractivity contribution < 1.29 is 24.3 Å². The zero-order chi connectivity index (χ0) is 11.8. The number of carbonyl (C=O) groups is 1. The second kappa shape index (κ2) is 8.26. The minimum absolute atomic E-state index is 0.439. The molecule has 4 N–H and O–H groups in total. The van der Waals surface area contributed by atoms with Crippen molar-refractivity contribution in [3.05, 3.63) is 0 Å². The average Bonchev–Trinajstić information content (AvgIpc) is 1.80. The molecule has 0 aliphatic heterocycles. The topological polar surface area (TPSA) is 107 Å². The Morgan fingerprint density at radius 2 is 1.71 bits per heavy atom. The number of carboxylic acids is 1. The summed E-state index contributed by atoms with van der Waals surface area (Å²) in [4.78, 5) is 26.1. The second-order valence-electron chi connectivity index (χ2n) is 2.87. The van der Waals surface area contributed by atoms with Gasteiger partial charge in [0.1, 0.15) is 0 Å². The Bertz CT molecular complexity index is 202. The highest BCUT2D eigenvalue weighted by Gasteiger charge is 2.11. The fourth-order valence-electron chi connectivity index (χ4n) is 0.308. The van der Waals surface area contributed by atoms with Crippen LogP contribution in [0.2, 0.25) is 0 Å². The third-order valence-electron chi connectivity index (χ3n) is 0.594. The summed E-state index contributed by atoms with van der Waals surface area (Å²) in [6, 6.07) is 0. The molecule has 14 heavy (non-hydrogen) atoms. The normalized spacial score (nSPS) is 10.7. The molecule has 0 unspecified atom stereocenters. The number of nitrogens with one attached hydrogen (secondary N) is 1. The van der Waals surface area contributed by atoms with Crippen LogP contribution in [0.15, 0.2) is 0 Å². The summed E-state index contributed by atoms with van der Waals surface area (Å²) in [5, 5.41) is 10.1. The quantitative estimate of drug-likeness (QED) is 0.385. The molecule has 0 saturated carbocycles. The van der Waals surface area contributed by atoms with Crippen LogP contribution in [0, 0.1) is 0 Å². The van der Waals surface area contributed by atoms with E-state index >= 15 is 0 Å². The van der Waals surface area contributed by atoms with Crippen molar-refractivity contribution >= 4 is 24.5 Å². The van der Waals surface area contributed by atoms with E-state index in [1.807, 2.05) is 0 Å². The molecule has 0 spiro atoms. The Morgan fingerprint density at radius 1 is 1.36 bits per heavy atom. The first-order valence-corrected chi connectivity index (χ1v) is 7.86. The molecule has 86 valence electrons. The molecule has 0 fully saturated rings. The third-order valence-corrected chi connectivity index (χ3v) is 1.23. The van der Waals surface area contributed by atoms with Crippen LogP contribution in [0.1, 0.15) is 0 Å². The van der Waals surface area contributed by atoms with Crippen molar-refractivity contribution in [1.29, 1.82) is 0 Å². The molecule has 0 rings (SSSR count). The molecule has 0 aromatic rings. The summed E-state index contributed by atoms with van der Waals surface area (Å²) in [7, 11) is -3.46. The van der Waals surface area contributed by atoms with E-state index in [1.54, 1.807) is 0 Å². The summed E-state index contributed by atoms with van der Waals surface area (Å²) in [5.74, 6) is -1.14. The van der Waals surface area contributed by atoms with Gasteiger partial charge in [-0.1, -0.05) is 0 Å². The van der Waals surface area contributed by atoms with Gasteiger partial charge >= 0.3 is 13.6 Å². The van der Waals surface area contributed by atoms with Crippen LogP contribution in [0.5, 0.6) is 0 Å². The molecular weight excluding hydrogens is 229 g/mol. The summed E-state index contributed by atoms with van der Waals surface area (Å²) in [6.07, 6.45) is 5.99. The largest absolute Gasteiger partial charge is 0.480 e. The van der Waals surface area contributed by atoms with E-state index in [4.69, 9.17) is 14.9 Å². The number of carboxylic acid groups (broad SMARTS) is 1. The lowest BCUT2D eigenvalue weighted by Crippen LogP contribution is -2.23. The molecule has 0 aromatic carbocycles. The van der Waals surface area contributed by atoms with Crippen LogP contribution < -0.4 is 5.32 Å². The van der Waals surface area contributed by atoms with Gasteiger partial charge < -0.3 is 14.9 Å². The van der Waals surface area contributed by atoms with Crippen molar-refractivity contribution in [3.63, 3.8) is 0 Å². The smallest absolute Gasteiger partial charge is 0.339 e. The number of hydrogen-bond donors (Lipinski definition) is 4. The fraction of sp³-hybridized carbons (Fsp3) is 0.833. The zero-order valence-electron chi connectivity index (χ0n) is 8.43. The SMILES string of the molecule is C[S+](C)C.O=C(O)CNCP(=O)(O)O. The number of aliphatic carboxylic acids is 1. The lowest BCUT2D eigenvalue weighted by Gasteiger charge is -2.02. The highest BCUT2D eigenvalue weighted by Crippen LogP contribution is 2.31. The molecular formula is C6H17NO5PS+. The van der Waals surface area contributed by atoms with Crippen molar-refractivity contribution in [2.75, 3.05) is 31.6 Å². The van der Waals surface area contributed by atoms with Crippen molar-refractivity contribution in [2.24, 2.45) is 0 Å². The zero-order valence-corrected chi connectivity index (χ0v) is 10.1. The molecule has 0 atom stereocenters. The van der Waals surface area contributed by atoms with Crippen molar-refractivity contribution in [3.8, 4) is 0 Å². The van der Waals surface area contributed by atoms with Gasteiger partial charge in [0.2, 0.25) is 0 Å². The van der Waals surface area contributed by atoms with Crippen LogP contribution in [-0.2, 0) is 20.3 Å². The minimum Gasteiger partial charge on any atom is -0.480 e. The monoisotopic (exact) mass is 246 g/mol. The Hall–Kier alpha value is -0.0700. The van der Waals surface area contributed by atoms with E-state index in [-0.39, 0.29) is 0 Å². The maximum absolute atomic E-state index is 10.1.